The van der Waals surface area contributed by atoms with E-state index in [4.69, 9.17) is 4.74 Å². The predicted octanol–water partition coefficient (Wildman–Crippen LogP) is 6.55. The number of aromatic nitrogens is 1. The first-order valence-corrected chi connectivity index (χ1v) is 10.6. The van der Waals surface area contributed by atoms with Gasteiger partial charge in [0, 0.05) is 29.3 Å². The molecule has 0 saturated heterocycles. The van der Waals surface area contributed by atoms with Crippen LogP contribution in [0.4, 0.5) is 0 Å². The number of rotatable bonds is 4. The number of allylic oxidation sites excluding steroid dienone is 2. The van der Waals surface area contributed by atoms with Gasteiger partial charge in [0.2, 0.25) is 0 Å². The molecule has 0 unspecified atom stereocenters. The zero-order valence-corrected chi connectivity index (χ0v) is 17.8. The van der Waals surface area contributed by atoms with Gasteiger partial charge in [0.25, 0.3) is 0 Å². The van der Waals surface area contributed by atoms with E-state index in [1.165, 1.54) is 11.3 Å². The number of hydrogen-bond acceptors (Lipinski definition) is 2. The van der Waals surface area contributed by atoms with Crippen molar-refractivity contribution in [2.45, 2.75) is 77.2 Å². The monoisotopic (exact) mass is 379 g/mol. The molecule has 28 heavy (non-hydrogen) atoms. The normalized spacial score (nSPS) is 23.4. The van der Waals surface area contributed by atoms with Crippen LogP contribution in [0.2, 0.25) is 0 Å². The summed E-state index contributed by atoms with van der Waals surface area (Å²) in [5.41, 5.74) is 4.45. The highest BCUT2D eigenvalue weighted by Gasteiger charge is 2.46. The first kappa shape index (κ1) is 19.2. The van der Waals surface area contributed by atoms with E-state index in [1.54, 1.807) is 0 Å². The summed E-state index contributed by atoms with van der Waals surface area (Å²) in [6.45, 7) is 11.1. The maximum absolute atomic E-state index is 11.1. The van der Waals surface area contributed by atoms with Crippen molar-refractivity contribution in [1.29, 1.82) is 0 Å². The smallest absolute Gasteiger partial charge is 0.127 e. The molecule has 1 aromatic carbocycles. The Bertz CT molecular complexity index is 890. The number of H-pyrrole nitrogens is 1. The molecular weight excluding hydrogens is 346 g/mol. The number of aromatic hydroxyl groups is 1. The van der Waals surface area contributed by atoms with Crippen molar-refractivity contribution in [1.82, 2.24) is 4.98 Å². The second kappa shape index (κ2) is 6.72. The highest BCUT2D eigenvalue weighted by Crippen LogP contribution is 2.55. The van der Waals surface area contributed by atoms with Crippen molar-refractivity contribution in [2.24, 2.45) is 5.92 Å². The fraction of sp³-hybridized carbons (Fsp3) is 0.520. The van der Waals surface area contributed by atoms with Gasteiger partial charge in [-0.15, -0.1) is 0 Å². The molecule has 2 N–H and O–H groups in total. The molecule has 1 aliphatic carbocycles. The Morgan fingerprint density at radius 3 is 2.75 bits per heavy atom. The van der Waals surface area contributed by atoms with Crippen molar-refractivity contribution in [2.75, 3.05) is 0 Å². The molecule has 4 rings (SSSR count). The van der Waals surface area contributed by atoms with Gasteiger partial charge in [0.05, 0.1) is 0 Å². The minimum Gasteiger partial charge on any atom is -0.508 e. The number of phenols is 1. The molecule has 2 heterocycles. The number of ether oxygens (including phenoxy) is 1. The molecule has 0 bridgehead atoms. The van der Waals surface area contributed by atoms with Crippen LogP contribution in [0.3, 0.4) is 0 Å². The molecule has 2 atom stereocenters. The van der Waals surface area contributed by atoms with E-state index in [0.717, 1.165) is 42.6 Å². The summed E-state index contributed by atoms with van der Waals surface area (Å²) in [5, 5.41) is 11.1. The third-order valence-corrected chi connectivity index (χ3v) is 6.90. The second-order valence-electron chi connectivity index (χ2n) is 9.71. The standard InChI is InChI=1S/C25H33NO2/c1-6-11-24(2,3)17-14-21(27)23-18-13-16(20-8-7-12-26-20)9-10-19(18)25(4,5)28-22(23)15-17/h7-9,12,14-15,18-19,26-27H,6,10-11,13H2,1-5H3/t18-,19-/m1/s1. The van der Waals surface area contributed by atoms with Gasteiger partial charge in [-0.2, -0.15) is 0 Å². The largest absolute Gasteiger partial charge is 0.508 e. The average Bonchev–Trinajstić information content (AvgIpc) is 3.15. The van der Waals surface area contributed by atoms with Gasteiger partial charge in [-0.3, -0.25) is 0 Å². The van der Waals surface area contributed by atoms with E-state index in [2.05, 4.69) is 57.8 Å². The van der Waals surface area contributed by atoms with Gasteiger partial charge in [-0.05, 0) is 73.9 Å². The quantitative estimate of drug-likeness (QED) is 0.633. The molecule has 150 valence electrons. The lowest BCUT2D eigenvalue weighted by molar-refractivity contribution is 0.00908. The fourth-order valence-electron chi connectivity index (χ4n) is 5.31. The number of aromatic amines is 1. The van der Waals surface area contributed by atoms with Crippen LogP contribution in [-0.4, -0.2) is 15.7 Å². The molecule has 2 aromatic rings. The number of phenolic OH excluding ortho intramolecular Hbond substituents is 1. The Morgan fingerprint density at radius 1 is 1.29 bits per heavy atom. The zero-order chi connectivity index (χ0) is 20.1. The molecular formula is C25H33NO2. The third kappa shape index (κ3) is 3.15. The Labute approximate surface area is 168 Å². The minimum absolute atomic E-state index is 0.0213. The Kier molecular flexibility index (Phi) is 4.60. The van der Waals surface area contributed by atoms with Gasteiger partial charge in [-0.25, -0.2) is 0 Å². The van der Waals surface area contributed by atoms with Crippen LogP contribution in [0.15, 0.2) is 36.5 Å². The Balaban J connectivity index is 1.78. The SMILES string of the molecule is CCCC(C)(C)c1cc(O)c2c(c1)OC(C)(C)[C@@H]1CC=C(c3ccc[nH]3)C[C@@H]21. The molecule has 1 aliphatic heterocycles. The molecule has 2 aliphatic rings. The van der Waals surface area contributed by atoms with E-state index in [1.807, 2.05) is 18.3 Å². The summed E-state index contributed by atoms with van der Waals surface area (Å²) >= 11 is 0. The molecule has 3 nitrogen and oxygen atoms in total. The van der Waals surface area contributed by atoms with Gasteiger partial charge in [0.15, 0.2) is 0 Å². The van der Waals surface area contributed by atoms with Gasteiger partial charge in [0.1, 0.15) is 17.1 Å². The van der Waals surface area contributed by atoms with Crippen LogP contribution < -0.4 is 4.74 Å². The molecule has 0 saturated carbocycles. The van der Waals surface area contributed by atoms with E-state index in [9.17, 15) is 5.11 Å². The lowest BCUT2D eigenvalue weighted by Gasteiger charge is -2.47. The Morgan fingerprint density at radius 2 is 2.07 bits per heavy atom. The summed E-state index contributed by atoms with van der Waals surface area (Å²) in [7, 11) is 0. The summed E-state index contributed by atoms with van der Waals surface area (Å²) in [4.78, 5) is 3.34. The van der Waals surface area contributed by atoms with E-state index < -0.39 is 0 Å². The van der Waals surface area contributed by atoms with Crippen LogP contribution in [0.25, 0.3) is 5.57 Å². The average molecular weight is 380 g/mol. The minimum atomic E-state index is -0.255. The van der Waals surface area contributed by atoms with Crippen LogP contribution in [-0.2, 0) is 5.41 Å². The van der Waals surface area contributed by atoms with Crippen molar-refractivity contribution >= 4 is 5.57 Å². The first-order valence-electron chi connectivity index (χ1n) is 10.6. The third-order valence-electron chi connectivity index (χ3n) is 6.90. The maximum atomic E-state index is 11.1. The first-order chi connectivity index (χ1) is 13.2. The van der Waals surface area contributed by atoms with Crippen LogP contribution in [0.5, 0.6) is 11.5 Å². The fourth-order valence-corrected chi connectivity index (χ4v) is 5.31. The van der Waals surface area contributed by atoms with E-state index in [-0.39, 0.29) is 16.9 Å². The number of fused-ring (bicyclic) bond motifs is 3. The van der Waals surface area contributed by atoms with Crippen molar-refractivity contribution in [3.8, 4) is 11.5 Å². The van der Waals surface area contributed by atoms with Crippen LogP contribution in [0, 0.1) is 5.92 Å². The molecule has 3 heteroatoms. The highest BCUT2D eigenvalue weighted by molar-refractivity contribution is 5.67. The van der Waals surface area contributed by atoms with Crippen molar-refractivity contribution in [3.05, 3.63) is 53.4 Å². The predicted molar refractivity (Wildman–Crippen MR) is 115 cm³/mol. The lowest BCUT2D eigenvalue weighted by Crippen LogP contribution is -2.45. The summed E-state index contributed by atoms with van der Waals surface area (Å²) in [6.07, 6.45) is 8.42. The Hall–Kier alpha value is -2.16. The number of benzene rings is 1. The molecule has 0 spiro atoms. The molecule has 0 amide bonds. The lowest BCUT2D eigenvalue weighted by atomic mass is 9.66. The summed E-state index contributed by atoms with van der Waals surface area (Å²) in [5.74, 6) is 1.90. The molecule has 0 fully saturated rings. The van der Waals surface area contributed by atoms with Crippen molar-refractivity contribution < 1.29 is 9.84 Å². The summed E-state index contributed by atoms with van der Waals surface area (Å²) in [6, 6.07) is 8.35. The van der Waals surface area contributed by atoms with E-state index >= 15 is 0 Å². The number of nitrogens with one attached hydrogen (secondary N) is 1. The van der Waals surface area contributed by atoms with Crippen LogP contribution in [0.1, 0.15) is 83.0 Å². The van der Waals surface area contributed by atoms with Gasteiger partial charge in [-0.1, -0.05) is 33.3 Å². The van der Waals surface area contributed by atoms with Gasteiger partial charge >= 0.3 is 0 Å². The summed E-state index contributed by atoms with van der Waals surface area (Å²) < 4.78 is 6.51. The van der Waals surface area contributed by atoms with Crippen LogP contribution >= 0.6 is 0 Å². The molecule has 0 radical (unpaired) electrons. The maximum Gasteiger partial charge on any atom is 0.127 e. The number of hydrogen-bond donors (Lipinski definition) is 2. The molecule has 1 aromatic heterocycles. The zero-order valence-electron chi connectivity index (χ0n) is 17.8. The topological polar surface area (TPSA) is 45.2 Å². The second-order valence-corrected chi connectivity index (χ2v) is 9.71. The van der Waals surface area contributed by atoms with Crippen molar-refractivity contribution in [3.63, 3.8) is 0 Å². The van der Waals surface area contributed by atoms with Gasteiger partial charge < -0.3 is 14.8 Å². The highest BCUT2D eigenvalue weighted by atomic mass is 16.5. The van der Waals surface area contributed by atoms with E-state index in [0.29, 0.717) is 11.7 Å².